The van der Waals surface area contributed by atoms with Gasteiger partial charge in [-0.15, -0.1) is 0 Å². The van der Waals surface area contributed by atoms with Gasteiger partial charge in [0.1, 0.15) is 0 Å². The van der Waals surface area contributed by atoms with Crippen molar-refractivity contribution >= 4 is 21.4 Å². The maximum Gasteiger partial charge on any atom is 0.378 e. The fraction of sp³-hybridized carbons (Fsp3) is 0.923. The van der Waals surface area contributed by atoms with Crippen molar-refractivity contribution in [1.82, 2.24) is 0 Å². The summed E-state index contributed by atoms with van der Waals surface area (Å²) in [6.45, 7) is 12.7. The molecule has 0 bridgehead atoms. The first-order valence-corrected chi connectivity index (χ1v) is 11.5. The molecule has 0 heterocycles. The highest BCUT2D eigenvalue weighted by atomic mass is 31.2. The highest BCUT2D eigenvalue weighted by Gasteiger charge is 2.40. The summed E-state index contributed by atoms with van der Waals surface area (Å²) in [5.41, 5.74) is 0.383. The lowest BCUT2D eigenvalue weighted by Crippen LogP contribution is -2.39. The van der Waals surface area contributed by atoms with Gasteiger partial charge in [-0.1, -0.05) is 39.3 Å². The molecule has 0 rings (SSSR count). The first-order valence-electron chi connectivity index (χ1n) is 7.01. The van der Waals surface area contributed by atoms with Gasteiger partial charge in [0, 0.05) is 20.6 Å². The average Bonchev–Trinajstić information content (AvgIpc) is 2.36. The van der Waals surface area contributed by atoms with Gasteiger partial charge in [0.2, 0.25) is 0 Å². The van der Waals surface area contributed by atoms with Crippen LogP contribution in [-0.2, 0) is 18.1 Å². The summed E-state index contributed by atoms with van der Waals surface area (Å²) in [6.07, 6.45) is 2.41. The predicted octanol–water partition coefficient (Wildman–Crippen LogP) is 5.00. The van der Waals surface area contributed by atoms with Gasteiger partial charge in [-0.05, 0) is 24.6 Å². The Labute approximate surface area is 124 Å². The van der Waals surface area contributed by atoms with Crippen LogP contribution < -0.4 is 0 Å². The van der Waals surface area contributed by atoms with Gasteiger partial charge in [-0.3, -0.25) is 4.57 Å². The maximum atomic E-state index is 12.5. The first-order chi connectivity index (χ1) is 9.04. The van der Waals surface area contributed by atoms with E-state index in [1.807, 2.05) is 0 Å². The van der Waals surface area contributed by atoms with E-state index in [1.165, 1.54) is 14.2 Å². The molecule has 0 aromatic rings. The van der Waals surface area contributed by atoms with Gasteiger partial charge < -0.3 is 13.6 Å². The summed E-state index contributed by atoms with van der Waals surface area (Å²) in [4.78, 5) is 0. The summed E-state index contributed by atoms with van der Waals surface area (Å²) in [5.74, 6) is 0. The fourth-order valence-corrected chi connectivity index (χ4v) is 2.99. The summed E-state index contributed by atoms with van der Waals surface area (Å²) >= 11 is 0. The normalized spacial score (nSPS) is 14.5. The lowest BCUT2D eigenvalue weighted by molar-refractivity contribution is 0.281. The van der Waals surface area contributed by atoms with E-state index in [9.17, 15) is 4.57 Å². The Kier molecular flexibility index (Phi) is 7.67. The Balaban J connectivity index is 5.25. The standard InChI is InChI=1S/C13H30NO4PSi/c1-9-10-11-12(19(15,16-5)17-6)14-18-20(7,8)13(2,3)4/h9-11H2,1-8H3/b14-12-. The van der Waals surface area contributed by atoms with Crippen molar-refractivity contribution in [2.75, 3.05) is 14.2 Å². The van der Waals surface area contributed by atoms with E-state index in [-0.39, 0.29) is 5.04 Å². The number of nitrogens with zero attached hydrogens (tertiary/aromatic N) is 1. The largest absolute Gasteiger partial charge is 0.454 e. The van der Waals surface area contributed by atoms with Crippen LogP contribution in [0.25, 0.3) is 0 Å². The molecule has 0 spiro atoms. The highest BCUT2D eigenvalue weighted by Crippen LogP contribution is 2.50. The molecule has 120 valence electrons. The van der Waals surface area contributed by atoms with Crippen LogP contribution in [0.3, 0.4) is 0 Å². The number of hydrogen-bond donors (Lipinski definition) is 0. The molecule has 5 nitrogen and oxygen atoms in total. The van der Waals surface area contributed by atoms with Crippen molar-refractivity contribution in [2.45, 2.75) is 65.1 Å². The van der Waals surface area contributed by atoms with Crippen LogP contribution in [-0.4, -0.2) is 28.0 Å². The molecule has 0 saturated carbocycles. The van der Waals surface area contributed by atoms with Gasteiger partial charge in [-0.2, -0.15) is 0 Å². The number of hydrogen-bond acceptors (Lipinski definition) is 5. The van der Waals surface area contributed by atoms with Gasteiger partial charge in [0.05, 0.1) is 0 Å². The monoisotopic (exact) mass is 323 g/mol. The van der Waals surface area contributed by atoms with Crippen LogP contribution in [0, 0.1) is 0 Å². The van der Waals surface area contributed by atoms with Crippen molar-refractivity contribution in [2.24, 2.45) is 5.16 Å². The number of oxime groups is 1. The molecule has 0 radical (unpaired) electrons. The molecule has 0 N–H and O–H groups in total. The third-order valence-electron chi connectivity index (χ3n) is 3.74. The smallest absolute Gasteiger partial charge is 0.378 e. The second-order valence-corrected chi connectivity index (χ2v) is 13.3. The van der Waals surface area contributed by atoms with Crippen molar-refractivity contribution in [1.29, 1.82) is 0 Å². The van der Waals surface area contributed by atoms with Crippen molar-refractivity contribution < 1.29 is 18.1 Å². The summed E-state index contributed by atoms with van der Waals surface area (Å²) < 4.78 is 28.4. The Bertz CT molecular complexity index is 369. The third-order valence-corrected chi connectivity index (χ3v) is 9.80. The molecule has 0 aliphatic heterocycles. The molecule has 0 aromatic heterocycles. The van der Waals surface area contributed by atoms with E-state index in [0.29, 0.717) is 11.9 Å². The van der Waals surface area contributed by atoms with Crippen LogP contribution >= 0.6 is 7.60 Å². The van der Waals surface area contributed by atoms with Gasteiger partial charge in [-0.25, -0.2) is 0 Å². The molecular formula is C13H30NO4PSi. The molecule has 0 atom stereocenters. The SMILES string of the molecule is CCCC/C(=N/O[Si](C)(C)C(C)(C)C)P(=O)(OC)OC. The van der Waals surface area contributed by atoms with Crippen molar-refractivity contribution in [3.05, 3.63) is 0 Å². The van der Waals surface area contributed by atoms with E-state index in [2.05, 4.69) is 45.9 Å². The molecule has 0 aliphatic carbocycles. The lowest BCUT2D eigenvalue weighted by atomic mass is 10.2. The Morgan fingerprint density at radius 1 is 1.20 bits per heavy atom. The van der Waals surface area contributed by atoms with Crippen LogP contribution in [0.15, 0.2) is 5.16 Å². The summed E-state index contributed by atoms with van der Waals surface area (Å²) in [6, 6.07) is 0. The number of unbranched alkanes of at least 4 members (excludes halogenated alkanes) is 1. The Morgan fingerprint density at radius 3 is 2.05 bits per heavy atom. The molecule has 0 aromatic carbocycles. The second-order valence-electron chi connectivity index (χ2n) is 6.33. The highest BCUT2D eigenvalue weighted by molar-refractivity contribution is 7.72. The number of rotatable bonds is 8. The Hall–Kier alpha value is -0.163. The first kappa shape index (κ1) is 19.8. The van der Waals surface area contributed by atoms with E-state index < -0.39 is 15.9 Å². The molecule has 0 saturated heterocycles. The molecule has 0 amide bonds. The molecule has 0 fully saturated rings. The fourth-order valence-electron chi connectivity index (χ4n) is 1.16. The minimum absolute atomic E-state index is 0.0382. The van der Waals surface area contributed by atoms with Crippen LogP contribution in [0.1, 0.15) is 47.0 Å². The van der Waals surface area contributed by atoms with Gasteiger partial charge in [0.25, 0.3) is 8.32 Å². The van der Waals surface area contributed by atoms with Crippen LogP contribution in [0.4, 0.5) is 0 Å². The molecule has 0 unspecified atom stereocenters. The van der Waals surface area contributed by atoms with Crippen molar-refractivity contribution in [3.63, 3.8) is 0 Å². The third kappa shape index (κ3) is 5.32. The quantitative estimate of drug-likeness (QED) is 0.273. The van der Waals surface area contributed by atoms with E-state index in [0.717, 1.165) is 12.8 Å². The minimum Gasteiger partial charge on any atom is -0.454 e. The van der Waals surface area contributed by atoms with E-state index in [4.69, 9.17) is 13.6 Å². The van der Waals surface area contributed by atoms with E-state index >= 15 is 0 Å². The summed E-state index contributed by atoms with van der Waals surface area (Å²) in [5, 5.41) is 4.22. The zero-order valence-electron chi connectivity index (χ0n) is 14.1. The topological polar surface area (TPSA) is 57.1 Å². The van der Waals surface area contributed by atoms with Gasteiger partial charge in [0.15, 0.2) is 5.45 Å². The molecule has 7 heteroatoms. The lowest BCUT2D eigenvalue weighted by Gasteiger charge is -2.33. The zero-order valence-corrected chi connectivity index (χ0v) is 16.0. The average molecular weight is 323 g/mol. The maximum absolute atomic E-state index is 12.5. The minimum atomic E-state index is -3.31. The van der Waals surface area contributed by atoms with Crippen molar-refractivity contribution in [3.8, 4) is 0 Å². The molecular weight excluding hydrogens is 293 g/mol. The van der Waals surface area contributed by atoms with Gasteiger partial charge >= 0.3 is 7.60 Å². The summed E-state index contributed by atoms with van der Waals surface area (Å²) in [7, 11) is -2.60. The Morgan fingerprint density at radius 2 is 1.70 bits per heavy atom. The van der Waals surface area contributed by atoms with Crippen LogP contribution in [0.5, 0.6) is 0 Å². The second kappa shape index (κ2) is 7.73. The van der Waals surface area contributed by atoms with E-state index in [1.54, 1.807) is 0 Å². The zero-order chi connectivity index (χ0) is 16.0. The predicted molar refractivity (Wildman–Crippen MR) is 86.9 cm³/mol. The molecule has 20 heavy (non-hydrogen) atoms. The van der Waals surface area contributed by atoms with Crippen LogP contribution in [0.2, 0.25) is 18.1 Å². The molecule has 0 aliphatic rings.